The van der Waals surface area contributed by atoms with Crippen LogP contribution >= 0.6 is 0 Å². The standard InChI is InChI=1S/C12H19N3O/c1-9-3-4-11(14(9)2)12(16)15-6-5-10(7-13)8-15/h3-4,10H,5-8,13H2,1-2H3. The predicted octanol–water partition coefficient (Wildman–Crippen LogP) is 0.754. The van der Waals surface area contributed by atoms with Crippen molar-refractivity contribution in [1.82, 2.24) is 9.47 Å². The Kier molecular flexibility index (Phi) is 3.01. The third-order valence-corrected chi connectivity index (χ3v) is 3.50. The van der Waals surface area contributed by atoms with Gasteiger partial charge in [-0.15, -0.1) is 0 Å². The Morgan fingerprint density at radius 2 is 2.31 bits per heavy atom. The van der Waals surface area contributed by atoms with E-state index >= 15 is 0 Å². The first-order chi connectivity index (χ1) is 7.63. The summed E-state index contributed by atoms with van der Waals surface area (Å²) in [5, 5.41) is 0. The van der Waals surface area contributed by atoms with Crippen LogP contribution in [-0.4, -0.2) is 35.0 Å². The Hall–Kier alpha value is -1.29. The van der Waals surface area contributed by atoms with Crippen LogP contribution in [0, 0.1) is 12.8 Å². The molecule has 1 atom stereocenters. The zero-order valence-corrected chi connectivity index (χ0v) is 9.94. The van der Waals surface area contributed by atoms with Crippen LogP contribution in [0.5, 0.6) is 0 Å². The third kappa shape index (κ3) is 1.85. The van der Waals surface area contributed by atoms with Gasteiger partial charge in [-0.2, -0.15) is 0 Å². The number of likely N-dealkylation sites (tertiary alicyclic amines) is 1. The molecule has 4 heteroatoms. The zero-order chi connectivity index (χ0) is 11.7. The number of carbonyl (C=O) groups excluding carboxylic acids is 1. The van der Waals surface area contributed by atoms with Gasteiger partial charge in [0.15, 0.2) is 0 Å². The van der Waals surface area contributed by atoms with E-state index < -0.39 is 0 Å². The lowest BCUT2D eigenvalue weighted by atomic mass is 10.1. The van der Waals surface area contributed by atoms with Crippen molar-refractivity contribution >= 4 is 5.91 Å². The van der Waals surface area contributed by atoms with E-state index in [1.54, 1.807) is 0 Å². The smallest absolute Gasteiger partial charge is 0.270 e. The summed E-state index contributed by atoms with van der Waals surface area (Å²) in [4.78, 5) is 14.1. The van der Waals surface area contributed by atoms with Crippen LogP contribution in [0.15, 0.2) is 12.1 Å². The quantitative estimate of drug-likeness (QED) is 0.801. The van der Waals surface area contributed by atoms with E-state index in [1.807, 2.05) is 35.6 Å². The van der Waals surface area contributed by atoms with E-state index in [0.717, 1.165) is 30.9 Å². The average molecular weight is 221 g/mol. The van der Waals surface area contributed by atoms with E-state index in [-0.39, 0.29) is 5.91 Å². The molecule has 1 aromatic rings. The molecule has 0 aliphatic carbocycles. The molecule has 1 aliphatic rings. The minimum absolute atomic E-state index is 0.131. The molecule has 0 aromatic carbocycles. The molecule has 2 heterocycles. The first-order valence-corrected chi connectivity index (χ1v) is 5.75. The second-order valence-electron chi connectivity index (χ2n) is 4.56. The summed E-state index contributed by atoms with van der Waals surface area (Å²) < 4.78 is 1.94. The Bertz CT molecular complexity index is 397. The van der Waals surface area contributed by atoms with Gasteiger partial charge in [-0.1, -0.05) is 0 Å². The zero-order valence-electron chi connectivity index (χ0n) is 9.94. The molecule has 0 bridgehead atoms. The van der Waals surface area contributed by atoms with Gasteiger partial charge < -0.3 is 15.2 Å². The fourth-order valence-corrected chi connectivity index (χ4v) is 2.20. The van der Waals surface area contributed by atoms with Crippen molar-refractivity contribution in [1.29, 1.82) is 0 Å². The molecule has 1 aromatic heterocycles. The number of aromatic nitrogens is 1. The number of nitrogens with two attached hydrogens (primary N) is 1. The van der Waals surface area contributed by atoms with E-state index in [9.17, 15) is 4.79 Å². The first kappa shape index (κ1) is 11.2. The summed E-state index contributed by atoms with van der Waals surface area (Å²) in [6.45, 7) is 4.32. The number of amides is 1. The predicted molar refractivity (Wildman–Crippen MR) is 63.2 cm³/mol. The largest absolute Gasteiger partial charge is 0.344 e. The average Bonchev–Trinajstić information content (AvgIpc) is 2.87. The molecular weight excluding hydrogens is 202 g/mol. The number of hydrogen-bond acceptors (Lipinski definition) is 2. The topological polar surface area (TPSA) is 51.3 Å². The second-order valence-corrected chi connectivity index (χ2v) is 4.56. The highest BCUT2D eigenvalue weighted by atomic mass is 16.2. The van der Waals surface area contributed by atoms with Crippen molar-refractivity contribution in [3.05, 3.63) is 23.5 Å². The van der Waals surface area contributed by atoms with Gasteiger partial charge in [-0.05, 0) is 37.9 Å². The van der Waals surface area contributed by atoms with Crippen LogP contribution in [-0.2, 0) is 7.05 Å². The molecular formula is C12H19N3O. The van der Waals surface area contributed by atoms with Crippen molar-refractivity contribution in [2.24, 2.45) is 18.7 Å². The van der Waals surface area contributed by atoms with Crippen molar-refractivity contribution in [3.63, 3.8) is 0 Å². The summed E-state index contributed by atoms with van der Waals surface area (Å²) in [5.41, 5.74) is 7.51. The molecule has 2 N–H and O–H groups in total. The molecule has 0 radical (unpaired) electrons. The molecule has 2 rings (SSSR count). The highest BCUT2D eigenvalue weighted by Gasteiger charge is 2.27. The van der Waals surface area contributed by atoms with Crippen molar-refractivity contribution in [2.45, 2.75) is 13.3 Å². The van der Waals surface area contributed by atoms with Crippen molar-refractivity contribution in [2.75, 3.05) is 19.6 Å². The van der Waals surface area contributed by atoms with Gasteiger partial charge in [-0.25, -0.2) is 0 Å². The van der Waals surface area contributed by atoms with Gasteiger partial charge in [-0.3, -0.25) is 4.79 Å². The minimum atomic E-state index is 0.131. The molecule has 1 saturated heterocycles. The van der Waals surface area contributed by atoms with Crippen LogP contribution in [0.2, 0.25) is 0 Å². The molecule has 4 nitrogen and oxygen atoms in total. The number of carbonyl (C=O) groups is 1. The van der Waals surface area contributed by atoms with Gasteiger partial charge in [0.2, 0.25) is 0 Å². The summed E-state index contributed by atoms with van der Waals surface area (Å²) in [7, 11) is 1.93. The molecule has 0 saturated carbocycles. The monoisotopic (exact) mass is 221 g/mol. The fraction of sp³-hybridized carbons (Fsp3) is 0.583. The molecule has 1 amide bonds. The molecule has 88 valence electrons. The number of hydrogen-bond donors (Lipinski definition) is 1. The number of nitrogens with zero attached hydrogens (tertiary/aromatic N) is 2. The summed E-state index contributed by atoms with van der Waals surface area (Å²) in [6, 6.07) is 3.87. The summed E-state index contributed by atoms with van der Waals surface area (Å²) >= 11 is 0. The maximum absolute atomic E-state index is 12.2. The molecule has 1 unspecified atom stereocenters. The maximum Gasteiger partial charge on any atom is 0.270 e. The Morgan fingerprint density at radius 3 is 2.81 bits per heavy atom. The molecule has 16 heavy (non-hydrogen) atoms. The van der Waals surface area contributed by atoms with E-state index in [0.29, 0.717) is 12.5 Å². The van der Waals surface area contributed by atoms with Gasteiger partial charge >= 0.3 is 0 Å². The lowest BCUT2D eigenvalue weighted by molar-refractivity contribution is 0.0778. The van der Waals surface area contributed by atoms with Gasteiger partial charge in [0.1, 0.15) is 5.69 Å². The molecule has 1 fully saturated rings. The highest BCUT2D eigenvalue weighted by Crippen LogP contribution is 2.18. The SMILES string of the molecule is Cc1ccc(C(=O)N2CCC(CN)C2)n1C. The Labute approximate surface area is 96.0 Å². The number of aryl methyl sites for hydroxylation is 1. The van der Waals surface area contributed by atoms with Gasteiger partial charge in [0.25, 0.3) is 5.91 Å². The normalized spacial score (nSPS) is 20.4. The fourth-order valence-electron chi connectivity index (χ4n) is 2.20. The van der Waals surface area contributed by atoms with E-state index in [2.05, 4.69) is 0 Å². The maximum atomic E-state index is 12.2. The lowest BCUT2D eigenvalue weighted by Gasteiger charge is -2.16. The van der Waals surface area contributed by atoms with Gasteiger partial charge in [0.05, 0.1) is 0 Å². The lowest BCUT2D eigenvalue weighted by Crippen LogP contribution is -2.31. The van der Waals surface area contributed by atoms with Gasteiger partial charge in [0, 0.05) is 25.8 Å². The van der Waals surface area contributed by atoms with Crippen LogP contribution in [0.25, 0.3) is 0 Å². The van der Waals surface area contributed by atoms with E-state index in [4.69, 9.17) is 5.73 Å². The Morgan fingerprint density at radius 1 is 1.56 bits per heavy atom. The van der Waals surface area contributed by atoms with E-state index in [1.165, 1.54) is 0 Å². The van der Waals surface area contributed by atoms with Crippen LogP contribution in [0.3, 0.4) is 0 Å². The summed E-state index contributed by atoms with van der Waals surface area (Å²) in [5.74, 6) is 0.608. The second kappa shape index (κ2) is 4.29. The Balaban J connectivity index is 2.12. The first-order valence-electron chi connectivity index (χ1n) is 5.75. The number of rotatable bonds is 2. The van der Waals surface area contributed by atoms with Crippen molar-refractivity contribution in [3.8, 4) is 0 Å². The van der Waals surface area contributed by atoms with Crippen LogP contribution in [0.4, 0.5) is 0 Å². The summed E-state index contributed by atoms with van der Waals surface area (Å²) in [6.07, 6.45) is 1.03. The molecule has 1 aliphatic heterocycles. The van der Waals surface area contributed by atoms with Crippen molar-refractivity contribution < 1.29 is 4.79 Å². The molecule has 0 spiro atoms. The minimum Gasteiger partial charge on any atom is -0.344 e. The van der Waals surface area contributed by atoms with Crippen LogP contribution in [0.1, 0.15) is 22.6 Å². The van der Waals surface area contributed by atoms with Crippen LogP contribution < -0.4 is 5.73 Å². The third-order valence-electron chi connectivity index (χ3n) is 3.50. The highest BCUT2D eigenvalue weighted by molar-refractivity contribution is 5.93.